The van der Waals surface area contributed by atoms with E-state index >= 15 is 0 Å². The molecule has 1 heterocycles. The molecule has 98 valence electrons. The van der Waals surface area contributed by atoms with E-state index in [2.05, 4.69) is 11.9 Å². The lowest BCUT2D eigenvalue weighted by Gasteiger charge is -2.23. The van der Waals surface area contributed by atoms with Crippen molar-refractivity contribution in [3.05, 3.63) is 29.6 Å². The van der Waals surface area contributed by atoms with E-state index in [1.165, 1.54) is 18.6 Å². The van der Waals surface area contributed by atoms with Crippen LogP contribution < -0.4 is 4.90 Å². The molecule has 1 aliphatic rings. The Morgan fingerprint density at radius 2 is 2.28 bits per heavy atom. The van der Waals surface area contributed by atoms with E-state index in [1.54, 1.807) is 6.07 Å². The van der Waals surface area contributed by atoms with Crippen molar-refractivity contribution in [3.8, 4) is 0 Å². The van der Waals surface area contributed by atoms with Gasteiger partial charge >= 0.3 is 0 Å². The van der Waals surface area contributed by atoms with Crippen molar-refractivity contribution < 1.29 is 9.18 Å². The molecule has 0 aromatic heterocycles. The monoisotopic (exact) mass is 250 g/mol. The van der Waals surface area contributed by atoms with Crippen molar-refractivity contribution in [2.24, 2.45) is 5.92 Å². The molecule has 1 aromatic carbocycles. The van der Waals surface area contributed by atoms with Gasteiger partial charge < -0.3 is 9.80 Å². The van der Waals surface area contributed by atoms with Gasteiger partial charge in [-0.1, -0.05) is 0 Å². The summed E-state index contributed by atoms with van der Waals surface area (Å²) in [7, 11) is 4.06. The molecular weight excluding hydrogens is 231 g/mol. The van der Waals surface area contributed by atoms with Crippen LogP contribution in [0.4, 0.5) is 10.1 Å². The highest BCUT2D eigenvalue weighted by molar-refractivity contribution is 5.77. The van der Waals surface area contributed by atoms with Crippen LogP contribution in [-0.4, -0.2) is 44.9 Å². The highest BCUT2D eigenvalue weighted by Gasteiger charge is 2.21. The maximum Gasteiger partial charge on any atom is 0.150 e. The van der Waals surface area contributed by atoms with Gasteiger partial charge in [-0.25, -0.2) is 4.39 Å². The fourth-order valence-electron chi connectivity index (χ4n) is 2.55. The summed E-state index contributed by atoms with van der Waals surface area (Å²) >= 11 is 0. The van der Waals surface area contributed by atoms with E-state index in [1.807, 2.05) is 11.9 Å². The summed E-state index contributed by atoms with van der Waals surface area (Å²) in [6, 6.07) is 4.47. The van der Waals surface area contributed by atoms with Crippen molar-refractivity contribution in [2.75, 3.05) is 38.6 Å². The van der Waals surface area contributed by atoms with Gasteiger partial charge in [-0.05, 0) is 44.1 Å². The molecule has 3 nitrogen and oxygen atoms in total. The summed E-state index contributed by atoms with van der Waals surface area (Å²) in [4.78, 5) is 15.1. The van der Waals surface area contributed by atoms with Crippen molar-refractivity contribution in [3.63, 3.8) is 0 Å². The number of likely N-dealkylation sites (tertiary alicyclic amines) is 1. The van der Waals surface area contributed by atoms with Crippen LogP contribution in [0, 0.1) is 11.7 Å². The summed E-state index contributed by atoms with van der Waals surface area (Å²) in [6.07, 6.45) is 1.86. The second-order valence-corrected chi connectivity index (χ2v) is 5.16. The quantitative estimate of drug-likeness (QED) is 0.764. The maximum atomic E-state index is 13.4. The van der Waals surface area contributed by atoms with Crippen LogP contribution in [0.2, 0.25) is 0 Å². The van der Waals surface area contributed by atoms with E-state index in [-0.39, 0.29) is 5.82 Å². The molecule has 18 heavy (non-hydrogen) atoms. The number of benzene rings is 1. The fourth-order valence-corrected chi connectivity index (χ4v) is 2.55. The number of carbonyl (C=O) groups is 1. The minimum Gasteiger partial charge on any atom is -0.374 e. The predicted molar refractivity (Wildman–Crippen MR) is 70.7 cm³/mol. The Morgan fingerprint density at radius 1 is 1.50 bits per heavy atom. The summed E-state index contributed by atoms with van der Waals surface area (Å²) in [6.45, 7) is 3.10. The fraction of sp³-hybridized carbons (Fsp3) is 0.500. The van der Waals surface area contributed by atoms with Gasteiger partial charge in [0.05, 0.1) is 0 Å². The third-order valence-electron chi connectivity index (χ3n) is 3.50. The second-order valence-electron chi connectivity index (χ2n) is 5.16. The van der Waals surface area contributed by atoms with Crippen LogP contribution in [0.15, 0.2) is 18.2 Å². The molecule has 1 fully saturated rings. The molecule has 0 bridgehead atoms. The first kappa shape index (κ1) is 13.0. The first-order valence-corrected chi connectivity index (χ1v) is 6.24. The number of halogens is 1. The molecule has 1 aromatic rings. The van der Waals surface area contributed by atoms with E-state index < -0.39 is 0 Å². The predicted octanol–water partition coefficient (Wildman–Crippen LogP) is 2.03. The van der Waals surface area contributed by atoms with Crippen LogP contribution in [0.1, 0.15) is 16.8 Å². The molecule has 0 N–H and O–H groups in total. The number of aldehydes is 1. The Morgan fingerprint density at radius 3 is 2.89 bits per heavy atom. The number of hydrogen-bond acceptors (Lipinski definition) is 3. The first-order valence-electron chi connectivity index (χ1n) is 6.24. The minimum absolute atomic E-state index is 0.356. The minimum atomic E-state index is -0.356. The largest absolute Gasteiger partial charge is 0.374 e. The van der Waals surface area contributed by atoms with Gasteiger partial charge in [-0.15, -0.1) is 0 Å². The molecule has 2 rings (SSSR count). The Bertz CT molecular complexity index is 436. The second kappa shape index (κ2) is 5.48. The number of nitrogens with zero attached hydrogens (tertiary/aromatic N) is 2. The van der Waals surface area contributed by atoms with Crippen molar-refractivity contribution >= 4 is 12.0 Å². The van der Waals surface area contributed by atoms with E-state index in [0.29, 0.717) is 17.8 Å². The maximum absolute atomic E-state index is 13.4. The highest BCUT2D eigenvalue weighted by Crippen LogP contribution is 2.21. The summed E-state index contributed by atoms with van der Waals surface area (Å²) < 4.78 is 13.4. The third kappa shape index (κ3) is 3.07. The van der Waals surface area contributed by atoms with Gasteiger partial charge in [-0.3, -0.25) is 4.79 Å². The molecular formula is C14H19FN2O. The van der Waals surface area contributed by atoms with Gasteiger partial charge in [0.25, 0.3) is 0 Å². The normalized spacial score (nSPS) is 20.1. The SMILES string of the molecule is CN1CCC(CN(C)c2cc(F)cc(C=O)c2)C1. The Labute approximate surface area is 107 Å². The molecule has 1 atom stereocenters. The van der Waals surface area contributed by atoms with Crippen molar-refractivity contribution in [2.45, 2.75) is 6.42 Å². The number of anilines is 1. The zero-order valence-electron chi connectivity index (χ0n) is 10.9. The Kier molecular flexibility index (Phi) is 3.97. The third-order valence-corrected chi connectivity index (χ3v) is 3.50. The molecule has 1 saturated heterocycles. The summed E-state index contributed by atoms with van der Waals surface area (Å²) in [5.74, 6) is 0.257. The molecule has 1 aliphatic heterocycles. The lowest BCUT2D eigenvalue weighted by Crippen LogP contribution is -2.27. The molecule has 1 unspecified atom stereocenters. The molecule has 4 heteroatoms. The smallest absolute Gasteiger partial charge is 0.150 e. The number of carbonyl (C=O) groups excluding carboxylic acids is 1. The van der Waals surface area contributed by atoms with E-state index in [4.69, 9.17) is 0 Å². The first-order chi connectivity index (χ1) is 8.58. The molecule has 0 saturated carbocycles. The van der Waals surface area contributed by atoms with Crippen molar-refractivity contribution in [1.29, 1.82) is 0 Å². The van der Waals surface area contributed by atoms with Crippen LogP contribution >= 0.6 is 0 Å². The molecule has 0 spiro atoms. The number of hydrogen-bond donors (Lipinski definition) is 0. The van der Waals surface area contributed by atoms with Crippen LogP contribution in [-0.2, 0) is 0 Å². The number of rotatable bonds is 4. The van der Waals surface area contributed by atoms with Crippen LogP contribution in [0.3, 0.4) is 0 Å². The zero-order valence-corrected chi connectivity index (χ0v) is 10.9. The lowest BCUT2D eigenvalue weighted by molar-refractivity contribution is 0.112. The van der Waals surface area contributed by atoms with Gasteiger partial charge in [-0.2, -0.15) is 0 Å². The van der Waals surface area contributed by atoms with Gasteiger partial charge in [0.1, 0.15) is 12.1 Å². The molecule has 0 radical (unpaired) electrons. The summed E-state index contributed by atoms with van der Waals surface area (Å²) in [5.41, 5.74) is 1.16. The van der Waals surface area contributed by atoms with Gasteiger partial charge in [0.15, 0.2) is 0 Å². The average molecular weight is 250 g/mol. The van der Waals surface area contributed by atoms with Crippen molar-refractivity contribution in [1.82, 2.24) is 4.90 Å². The lowest BCUT2D eigenvalue weighted by atomic mass is 10.1. The van der Waals surface area contributed by atoms with Gasteiger partial charge in [0.2, 0.25) is 0 Å². The highest BCUT2D eigenvalue weighted by atomic mass is 19.1. The average Bonchev–Trinajstić information content (AvgIpc) is 2.73. The van der Waals surface area contributed by atoms with Crippen LogP contribution in [0.5, 0.6) is 0 Å². The molecule has 0 aliphatic carbocycles. The van der Waals surface area contributed by atoms with E-state index in [0.717, 1.165) is 25.3 Å². The molecule has 0 amide bonds. The summed E-state index contributed by atoms with van der Waals surface area (Å²) in [5, 5.41) is 0. The van der Waals surface area contributed by atoms with Gasteiger partial charge in [0, 0.05) is 31.4 Å². The topological polar surface area (TPSA) is 23.6 Å². The zero-order chi connectivity index (χ0) is 13.1. The Hall–Kier alpha value is -1.42. The van der Waals surface area contributed by atoms with Crippen LogP contribution in [0.25, 0.3) is 0 Å². The standard InChI is InChI=1S/C14H19FN2O/c1-16-4-3-11(8-16)9-17(2)14-6-12(10-18)5-13(15)7-14/h5-7,10-11H,3-4,8-9H2,1-2H3. The Balaban J connectivity index is 2.06. The van der Waals surface area contributed by atoms with E-state index in [9.17, 15) is 9.18 Å².